The summed E-state index contributed by atoms with van der Waals surface area (Å²) in [4.78, 5) is 2.62. The van der Waals surface area contributed by atoms with Crippen molar-refractivity contribution in [1.82, 2.24) is 10.2 Å². The predicted octanol–water partition coefficient (Wildman–Crippen LogP) is 2.89. The number of likely N-dealkylation sites (tertiary alicyclic amines) is 1. The standard InChI is InChI=1S/C14H30N2/c1-3-14(2)8-10-15-9-7-13-16-11-5-4-6-12-16/h14-15H,3-13H2,1-2H3. The summed E-state index contributed by atoms with van der Waals surface area (Å²) in [5.41, 5.74) is 0. The van der Waals surface area contributed by atoms with E-state index in [1.54, 1.807) is 0 Å². The molecule has 1 aliphatic heterocycles. The van der Waals surface area contributed by atoms with Crippen molar-refractivity contribution >= 4 is 0 Å². The van der Waals surface area contributed by atoms with Crippen LogP contribution in [0.5, 0.6) is 0 Å². The third kappa shape index (κ3) is 6.49. The first kappa shape index (κ1) is 14.0. The van der Waals surface area contributed by atoms with Crippen LogP contribution in [0.4, 0.5) is 0 Å². The van der Waals surface area contributed by atoms with Gasteiger partial charge in [-0.2, -0.15) is 0 Å². The van der Waals surface area contributed by atoms with Gasteiger partial charge in [-0.15, -0.1) is 0 Å². The van der Waals surface area contributed by atoms with Crippen LogP contribution in [0, 0.1) is 5.92 Å². The summed E-state index contributed by atoms with van der Waals surface area (Å²) in [6.45, 7) is 11.0. The fourth-order valence-electron chi connectivity index (χ4n) is 2.29. The monoisotopic (exact) mass is 226 g/mol. The van der Waals surface area contributed by atoms with Gasteiger partial charge in [-0.1, -0.05) is 26.7 Å². The number of hydrogen-bond donors (Lipinski definition) is 1. The van der Waals surface area contributed by atoms with Crippen LogP contribution in [0.2, 0.25) is 0 Å². The van der Waals surface area contributed by atoms with Gasteiger partial charge in [0.15, 0.2) is 0 Å². The first-order valence-corrected chi connectivity index (χ1v) is 7.26. The largest absolute Gasteiger partial charge is 0.317 e. The lowest BCUT2D eigenvalue weighted by Crippen LogP contribution is -2.32. The van der Waals surface area contributed by atoms with E-state index in [1.807, 2.05) is 0 Å². The van der Waals surface area contributed by atoms with Crippen LogP contribution in [-0.2, 0) is 0 Å². The molecule has 1 N–H and O–H groups in total. The second kappa shape index (κ2) is 9.00. The summed E-state index contributed by atoms with van der Waals surface area (Å²) in [5, 5.41) is 3.56. The van der Waals surface area contributed by atoms with Crippen molar-refractivity contribution in [3.63, 3.8) is 0 Å². The van der Waals surface area contributed by atoms with Crippen LogP contribution in [0.3, 0.4) is 0 Å². The van der Waals surface area contributed by atoms with Crippen molar-refractivity contribution in [1.29, 1.82) is 0 Å². The highest BCUT2D eigenvalue weighted by Crippen LogP contribution is 2.08. The molecule has 16 heavy (non-hydrogen) atoms. The lowest BCUT2D eigenvalue weighted by atomic mass is 10.1. The van der Waals surface area contributed by atoms with Gasteiger partial charge in [-0.05, 0) is 64.3 Å². The summed E-state index contributed by atoms with van der Waals surface area (Å²) >= 11 is 0. The lowest BCUT2D eigenvalue weighted by Gasteiger charge is -2.26. The van der Waals surface area contributed by atoms with E-state index in [-0.39, 0.29) is 0 Å². The summed E-state index contributed by atoms with van der Waals surface area (Å²) in [6.07, 6.45) is 8.25. The van der Waals surface area contributed by atoms with E-state index in [1.165, 1.54) is 71.2 Å². The molecule has 0 radical (unpaired) electrons. The van der Waals surface area contributed by atoms with Gasteiger partial charge in [-0.25, -0.2) is 0 Å². The summed E-state index contributed by atoms with van der Waals surface area (Å²) in [6, 6.07) is 0. The molecule has 0 spiro atoms. The Bertz CT molecular complexity index is 153. The van der Waals surface area contributed by atoms with Crippen molar-refractivity contribution < 1.29 is 0 Å². The molecule has 0 aromatic carbocycles. The number of piperidine rings is 1. The smallest absolute Gasteiger partial charge is 0.000664 e. The van der Waals surface area contributed by atoms with Gasteiger partial charge < -0.3 is 10.2 Å². The van der Waals surface area contributed by atoms with Crippen LogP contribution in [0.15, 0.2) is 0 Å². The van der Waals surface area contributed by atoms with E-state index in [4.69, 9.17) is 0 Å². The van der Waals surface area contributed by atoms with Gasteiger partial charge in [0.25, 0.3) is 0 Å². The molecule has 2 heteroatoms. The summed E-state index contributed by atoms with van der Waals surface area (Å²) < 4.78 is 0. The highest BCUT2D eigenvalue weighted by Gasteiger charge is 2.08. The molecule has 2 nitrogen and oxygen atoms in total. The van der Waals surface area contributed by atoms with Crippen LogP contribution >= 0.6 is 0 Å². The fourth-order valence-corrected chi connectivity index (χ4v) is 2.29. The van der Waals surface area contributed by atoms with Crippen molar-refractivity contribution in [2.75, 3.05) is 32.7 Å². The highest BCUT2D eigenvalue weighted by molar-refractivity contribution is 4.65. The van der Waals surface area contributed by atoms with Crippen molar-refractivity contribution in [2.24, 2.45) is 5.92 Å². The minimum absolute atomic E-state index is 0.884. The molecule has 1 aliphatic rings. The molecule has 1 atom stereocenters. The fraction of sp³-hybridized carbons (Fsp3) is 1.00. The Morgan fingerprint density at radius 3 is 2.56 bits per heavy atom. The zero-order valence-electron chi connectivity index (χ0n) is 11.3. The molecular formula is C14H30N2. The maximum Gasteiger partial charge on any atom is -0.000664 e. The molecule has 1 rings (SSSR count). The first-order valence-electron chi connectivity index (χ1n) is 7.26. The third-order valence-electron chi connectivity index (χ3n) is 3.79. The Morgan fingerprint density at radius 2 is 1.88 bits per heavy atom. The maximum atomic E-state index is 3.56. The van der Waals surface area contributed by atoms with Gasteiger partial charge in [0, 0.05) is 0 Å². The van der Waals surface area contributed by atoms with E-state index in [2.05, 4.69) is 24.1 Å². The number of hydrogen-bond acceptors (Lipinski definition) is 2. The quantitative estimate of drug-likeness (QED) is 0.640. The van der Waals surface area contributed by atoms with E-state index < -0.39 is 0 Å². The maximum absolute atomic E-state index is 3.56. The minimum atomic E-state index is 0.884. The zero-order chi connectivity index (χ0) is 11.6. The molecular weight excluding hydrogens is 196 g/mol. The number of nitrogens with zero attached hydrogens (tertiary/aromatic N) is 1. The minimum Gasteiger partial charge on any atom is -0.317 e. The first-order chi connectivity index (χ1) is 7.83. The number of rotatable bonds is 8. The molecule has 96 valence electrons. The Balaban J connectivity index is 1.84. The molecule has 0 aliphatic carbocycles. The van der Waals surface area contributed by atoms with Crippen molar-refractivity contribution in [3.05, 3.63) is 0 Å². The van der Waals surface area contributed by atoms with E-state index in [0.717, 1.165) is 5.92 Å². The third-order valence-corrected chi connectivity index (χ3v) is 3.79. The topological polar surface area (TPSA) is 15.3 Å². The van der Waals surface area contributed by atoms with E-state index in [9.17, 15) is 0 Å². The van der Waals surface area contributed by atoms with Crippen LogP contribution in [0.25, 0.3) is 0 Å². The second-order valence-corrected chi connectivity index (χ2v) is 5.31. The molecule has 1 heterocycles. The second-order valence-electron chi connectivity index (χ2n) is 5.31. The average molecular weight is 226 g/mol. The van der Waals surface area contributed by atoms with Crippen LogP contribution < -0.4 is 5.32 Å². The number of nitrogens with one attached hydrogen (secondary N) is 1. The van der Waals surface area contributed by atoms with E-state index >= 15 is 0 Å². The van der Waals surface area contributed by atoms with Gasteiger partial charge in [0.2, 0.25) is 0 Å². The highest BCUT2D eigenvalue weighted by atomic mass is 15.1. The van der Waals surface area contributed by atoms with Crippen LogP contribution in [-0.4, -0.2) is 37.6 Å². The molecule has 0 bridgehead atoms. The van der Waals surface area contributed by atoms with Crippen LogP contribution in [0.1, 0.15) is 52.4 Å². The average Bonchev–Trinajstić information content (AvgIpc) is 2.34. The van der Waals surface area contributed by atoms with Gasteiger partial charge >= 0.3 is 0 Å². The van der Waals surface area contributed by atoms with Gasteiger partial charge in [0.1, 0.15) is 0 Å². The predicted molar refractivity (Wildman–Crippen MR) is 71.8 cm³/mol. The molecule has 0 amide bonds. The molecule has 0 saturated carbocycles. The molecule has 1 unspecified atom stereocenters. The Kier molecular flexibility index (Phi) is 7.87. The summed E-state index contributed by atoms with van der Waals surface area (Å²) in [5.74, 6) is 0.884. The van der Waals surface area contributed by atoms with Crippen molar-refractivity contribution in [3.8, 4) is 0 Å². The normalized spacial score (nSPS) is 19.9. The van der Waals surface area contributed by atoms with Gasteiger partial charge in [0.05, 0.1) is 0 Å². The lowest BCUT2D eigenvalue weighted by molar-refractivity contribution is 0.225. The molecule has 0 aromatic heterocycles. The Morgan fingerprint density at radius 1 is 1.12 bits per heavy atom. The molecule has 1 saturated heterocycles. The molecule has 0 aromatic rings. The SMILES string of the molecule is CCC(C)CCNCCCN1CCCCC1. The Hall–Kier alpha value is -0.0800. The molecule has 1 fully saturated rings. The van der Waals surface area contributed by atoms with Gasteiger partial charge in [-0.3, -0.25) is 0 Å². The zero-order valence-corrected chi connectivity index (χ0v) is 11.3. The summed E-state index contributed by atoms with van der Waals surface area (Å²) in [7, 11) is 0. The van der Waals surface area contributed by atoms with E-state index in [0.29, 0.717) is 0 Å². The van der Waals surface area contributed by atoms with Crippen molar-refractivity contribution in [2.45, 2.75) is 52.4 Å². The Labute approximate surface area is 102 Å².